The Balaban J connectivity index is -0.000000214. The molecule has 0 aliphatic heterocycles. The number of hydrogen-bond donors (Lipinski definition) is 0. The molecule has 12 nitrogen and oxygen atoms in total. The van der Waals surface area contributed by atoms with Crippen LogP contribution in [0.2, 0.25) is 0 Å². The third kappa shape index (κ3) is 112. The van der Waals surface area contributed by atoms with Gasteiger partial charge in [-0.3, -0.25) is 0 Å². The van der Waals surface area contributed by atoms with Crippen LogP contribution in [-0.2, 0) is 48.5 Å². The fourth-order valence-corrected chi connectivity index (χ4v) is 22.0. The van der Waals surface area contributed by atoms with E-state index < -0.39 is 44.2 Å². The van der Waals surface area contributed by atoms with Crippen molar-refractivity contribution >= 4 is 44.2 Å². The quantitative estimate of drug-likeness (QED) is 0.0314. The molecule has 0 aromatic heterocycles. The second-order valence-electron chi connectivity index (χ2n) is 30.5. The van der Waals surface area contributed by atoms with Crippen LogP contribution in [0.25, 0.3) is 0 Å². The summed E-state index contributed by atoms with van der Waals surface area (Å²) < 4.78 is 70.3. The molecule has 0 heterocycles. The molecule has 0 aromatic carbocycles. The van der Waals surface area contributed by atoms with Crippen molar-refractivity contribution in [1.82, 2.24) is 0 Å². The molecule has 0 bridgehead atoms. The zero-order valence-electron chi connectivity index (χ0n) is 70.9. The van der Waals surface area contributed by atoms with Crippen molar-refractivity contribution in [3.63, 3.8) is 0 Å². The fourth-order valence-electron chi connectivity index (χ4n) is 12.1. The molecule has 0 amide bonds. The van der Waals surface area contributed by atoms with Crippen molar-refractivity contribution < 1.29 is 77.8 Å². The van der Waals surface area contributed by atoms with Crippen LogP contribution in [0.1, 0.15) is 468 Å². The zero-order chi connectivity index (χ0) is 77.9. The maximum atomic E-state index is 11.7. The molecule has 103 heavy (non-hydrogen) atoms. The molecule has 0 rings (SSSR count). The maximum absolute atomic E-state index is 11.7. The minimum atomic E-state index is -3.04. The van der Waals surface area contributed by atoms with Gasteiger partial charge in [-0.25, -0.2) is 0 Å². The Hall–Kier alpha value is 1.83. The molecule has 0 spiro atoms. The average Bonchev–Trinajstić information content (AvgIpc) is 1.21. The first kappa shape index (κ1) is 118. The van der Waals surface area contributed by atoms with Crippen molar-refractivity contribution in [2.45, 2.75) is 468 Å². The Labute approximate surface area is 659 Å². The van der Waals surface area contributed by atoms with Gasteiger partial charge in [-0.05, 0) is 151 Å². The summed E-state index contributed by atoms with van der Waals surface area (Å²) in [5, 5.41) is 0. The van der Waals surface area contributed by atoms with E-state index in [0.29, 0.717) is 73.9 Å². The Morgan fingerprint density at radius 2 is 0.184 bits per heavy atom. The van der Waals surface area contributed by atoms with Gasteiger partial charge in [0.05, 0.1) is 0 Å². The number of rotatable bonds is 72. The molecule has 0 saturated heterocycles. The van der Waals surface area contributed by atoms with Crippen LogP contribution in [0, 0.1) is 0 Å². The Kier molecular flexibility index (Phi) is 104. The molecule has 19 heteroatoms. The molecule has 0 aliphatic carbocycles. The molecular formula is C84H180MoO12P6-6. The van der Waals surface area contributed by atoms with Gasteiger partial charge in [0.2, 0.25) is 0 Å². The molecule has 0 fully saturated rings. The largest absolute Gasteiger partial charge is 0.799 e. The third-order valence-electron chi connectivity index (χ3n) is 19.2. The van der Waals surface area contributed by atoms with Crippen LogP contribution >= 0.6 is 44.2 Å². The van der Waals surface area contributed by atoms with E-state index in [4.69, 9.17) is 0 Å². The smallest absolute Gasteiger partial charge is 0.0148 e. The fraction of sp³-hybridized carbons (Fsp3) is 1.00. The summed E-state index contributed by atoms with van der Waals surface area (Å²) in [7, 11) is -18.2. The first-order chi connectivity index (χ1) is 48.7. The van der Waals surface area contributed by atoms with Gasteiger partial charge in [0.25, 0.3) is 0 Å². The molecule has 0 aromatic rings. The second kappa shape index (κ2) is 91.0. The summed E-state index contributed by atoms with van der Waals surface area (Å²) in [6.45, 7) is 26.1. The van der Waals surface area contributed by atoms with Crippen LogP contribution in [0.4, 0.5) is 0 Å². The first-order valence-corrected chi connectivity index (χ1v) is 56.4. The van der Waals surface area contributed by atoms with E-state index in [0.717, 1.165) is 154 Å². The van der Waals surface area contributed by atoms with Crippen molar-refractivity contribution in [1.29, 1.82) is 0 Å². The SMILES string of the molecule is CCCCCCCP(=O)([O-])CCCCCCC.CCCCCCCP(=O)([O-])CCCCCCC.CCCCCCCP(=O)([O-])CCCCCCC.CCCCCCCP(=O)([O-])CCCCCCC.CCCCCCCP(=O)([O-])CCCCCCC.CCCCCCCP(=O)([O-])CCCCCCC.[Mo]. The normalized spacial score (nSPS) is 11.8. The topological polar surface area (TPSA) is 241 Å². The van der Waals surface area contributed by atoms with Gasteiger partial charge in [0.15, 0.2) is 0 Å². The van der Waals surface area contributed by atoms with E-state index in [2.05, 4.69) is 83.1 Å². The van der Waals surface area contributed by atoms with Crippen molar-refractivity contribution in [2.75, 3.05) is 73.9 Å². The Morgan fingerprint density at radius 1 is 0.126 bits per heavy atom. The van der Waals surface area contributed by atoms with Crippen molar-refractivity contribution in [3.05, 3.63) is 0 Å². The molecule has 0 N–H and O–H groups in total. The van der Waals surface area contributed by atoms with Crippen LogP contribution < -0.4 is 29.4 Å². The van der Waals surface area contributed by atoms with E-state index in [9.17, 15) is 56.8 Å². The van der Waals surface area contributed by atoms with Gasteiger partial charge in [0, 0.05) is 65.3 Å². The van der Waals surface area contributed by atoms with Gasteiger partial charge < -0.3 is 56.8 Å². The van der Waals surface area contributed by atoms with Gasteiger partial charge in [-0.1, -0.05) is 391 Å². The van der Waals surface area contributed by atoms with Crippen LogP contribution in [0.3, 0.4) is 0 Å². The van der Waals surface area contributed by atoms with Gasteiger partial charge >= 0.3 is 0 Å². The zero-order valence-corrected chi connectivity index (χ0v) is 78.3. The van der Waals surface area contributed by atoms with Gasteiger partial charge in [0.1, 0.15) is 0 Å². The third-order valence-corrected chi connectivity index (χ3v) is 31.2. The molecule has 0 atom stereocenters. The Morgan fingerprint density at radius 3 is 0.243 bits per heavy atom. The molecular weight excluding hydrogens is 1480 g/mol. The predicted molar refractivity (Wildman–Crippen MR) is 449 cm³/mol. The summed E-state index contributed by atoms with van der Waals surface area (Å²) in [5.41, 5.74) is 0. The second-order valence-corrected chi connectivity index (χ2v) is 45.7. The van der Waals surface area contributed by atoms with E-state index in [1.165, 1.54) is 231 Å². The molecule has 0 saturated carbocycles. The summed E-state index contributed by atoms with van der Waals surface area (Å²) in [5.74, 6) is 0. The number of hydrogen-bond acceptors (Lipinski definition) is 12. The summed E-state index contributed by atoms with van der Waals surface area (Å²) in [4.78, 5) is 70.3. The minimum absolute atomic E-state index is 0. The molecule has 630 valence electrons. The van der Waals surface area contributed by atoms with E-state index in [-0.39, 0.29) is 21.1 Å². The predicted octanol–water partition coefficient (Wildman–Crippen LogP) is 27.4. The van der Waals surface area contributed by atoms with Crippen molar-refractivity contribution in [2.24, 2.45) is 0 Å². The standard InChI is InChI=1S/6C14H31O2P.Mo/c6*1-3-5-7-9-11-13-17(15,16)14-12-10-8-6-4-2;/h6*3-14H2,1-2H3,(H,15,16);/p-6. The average molecular weight is 1660 g/mol. The van der Waals surface area contributed by atoms with E-state index in [1.807, 2.05) is 0 Å². The molecule has 0 unspecified atom stereocenters. The number of unbranched alkanes of at least 4 members (excludes halogenated alkanes) is 48. The minimum Gasteiger partial charge on any atom is -0.799 e. The molecule has 0 radical (unpaired) electrons. The summed E-state index contributed by atoms with van der Waals surface area (Å²) in [6.07, 6.45) is 72.3. The van der Waals surface area contributed by atoms with E-state index >= 15 is 0 Å². The summed E-state index contributed by atoms with van der Waals surface area (Å²) in [6, 6.07) is 0. The van der Waals surface area contributed by atoms with E-state index in [1.54, 1.807) is 0 Å². The van der Waals surface area contributed by atoms with Crippen molar-refractivity contribution in [3.8, 4) is 0 Å². The molecule has 0 aliphatic rings. The first-order valence-electron chi connectivity index (χ1n) is 44.5. The maximum Gasteiger partial charge on any atom is 0.0148 e. The van der Waals surface area contributed by atoms with Crippen LogP contribution in [0.5, 0.6) is 0 Å². The van der Waals surface area contributed by atoms with Gasteiger partial charge in [-0.2, -0.15) is 0 Å². The van der Waals surface area contributed by atoms with Crippen LogP contribution in [0.15, 0.2) is 0 Å². The summed E-state index contributed by atoms with van der Waals surface area (Å²) >= 11 is 0. The monoisotopic (exact) mass is 1670 g/mol. The van der Waals surface area contributed by atoms with Gasteiger partial charge in [-0.15, -0.1) is 0 Å². The Bertz CT molecular complexity index is 1470. The van der Waals surface area contributed by atoms with Crippen LogP contribution in [-0.4, -0.2) is 73.9 Å².